The van der Waals surface area contributed by atoms with E-state index < -0.39 is 6.04 Å². The molecule has 24 heavy (non-hydrogen) atoms. The first-order chi connectivity index (χ1) is 11.0. The summed E-state index contributed by atoms with van der Waals surface area (Å²) in [6.07, 6.45) is 5.36. The summed E-state index contributed by atoms with van der Waals surface area (Å²) in [6.45, 7) is 3.97. The molecule has 0 heterocycles. The maximum atomic E-state index is 12.2. The summed E-state index contributed by atoms with van der Waals surface area (Å²) in [5.74, 6) is -0.111. The molecule has 2 atom stereocenters. The Morgan fingerprint density at radius 1 is 1.21 bits per heavy atom. The van der Waals surface area contributed by atoms with Crippen LogP contribution in [-0.4, -0.2) is 23.9 Å². The maximum Gasteiger partial charge on any atom is 0.251 e. The lowest BCUT2D eigenvalue weighted by atomic mass is 9.99. The van der Waals surface area contributed by atoms with E-state index in [0.29, 0.717) is 17.3 Å². The predicted molar refractivity (Wildman–Crippen MR) is 99.5 cm³/mol. The van der Waals surface area contributed by atoms with E-state index in [1.54, 1.807) is 24.3 Å². The molecule has 0 spiro atoms. The SMILES string of the molecule is CCC(C)C(N)C(=O)Nc1ccc(C(=O)NC2CCCC2)cc1.Cl. The molecule has 6 heteroatoms. The lowest BCUT2D eigenvalue weighted by Crippen LogP contribution is -2.40. The Morgan fingerprint density at radius 2 is 1.79 bits per heavy atom. The number of rotatable bonds is 6. The second-order valence-corrected chi connectivity index (χ2v) is 6.43. The largest absolute Gasteiger partial charge is 0.349 e. The van der Waals surface area contributed by atoms with Crippen molar-refractivity contribution in [2.24, 2.45) is 11.7 Å². The molecule has 134 valence electrons. The van der Waals surface area contributed by atoms with Crippen molar-refractivity contribution >= 4 is 29.9 Å². The molecular formula is C18H28ClN3O2. The fraction of sp³-hybridized carbons (Fsp3) is 0.556. The van der Waals surface area contributed by atoms with E-state index in [1.165, 1.54) is 12.8 Å². The van der Waals surface area contributed by atoms with Crippen LogP contribution < -0.4 is 16.4 Å². The van der Waals surface area contributed by atoms with Crippen LogP contribution >= 0.6 is 12.4 Å². The van der Waals surface area contributed by atoms with E-state index in [1.807, 2.05) is 13.8 Å². The lowest BCUT2D eigenvalue weighted by molar-refractivity contribution is -0.118. The Balaban J connectivity index is 0.00000288. The van der Waals surface area contributed by atoms with Gasteiger partial charge >= 0.3 is 0 Å². The van der Waals surface area contributed by atoms with Gasteiger partial charge in [-0.15, -0.1) is 12.4 Å². The zero-order valence-corrected chi connectivity index (χ0v) is 15.2. The van der Waals surface area contributed by atoms with Crippen LogP contribution in [0.2, 0.25) is 0 Å². The van der Waals surface area contributed by atoms with Crippen LogP contribution in [0, 0.1) is 5.92 Å². The standard InChI is InChI=1S/C18H27N3O2.ClH/c1-3-12(2)16(19)18(23)21-15-10-8-13(9-11-15)17(22)20-14-6-4-5-7-14;/h8-12,14,16H,3-7,19H2,1-2H3,(H,20,22)(H,21,23);1H. The molecule has 0 radical (unpaired) electrons. The van der Waals surface area contributed by atoms with Crippen LogP contribution in [0.5, 0.6) is 0 Å². The van der Waals surface area contributed by atoms with Crippen LogP contribution in [0.15, 0.2) is 24.3 Å². The molecule has 0 saturated heterocycles. The number of nitrogens with two attached hydrogens (primary N) is 1. The van der Waals surface area contributed by atoms with Crippen molar-refractivity contribution in [1.82, 2.24) is 5.32 Å². The van der Waals surface area contributed by atoms with E-state index in [2.05, 4.69) is 10.6 Å². The second-order valence-electron chi connectivity index (χ2n) is 6.43. The van der Waals surface area contributed by atoms with Gasteiger partial charge in [0.1, 0.15) is 0 Å². The van der Waals surface area contributed by atoms with Crippen LogP contribution in [0.3, 0.4) is 0 Å². The van der Waals surface area contributed by atoms with E-state index in [4.69, 9.17) is 5.73 Å². The number of carbonyl (C=O) groups excluding carboxylic acids is 2. The number of anilines is 1. The Kier molecular flexibility index (Phi) is 8.22. The van der Waals surface area contributed by atoms with Crippen molar-refractivity contribution < 1.29 is 9.59 Å². The molecule has 4 N–H and O–H groups in total. The first-order valence-electron chi connectivity index (χ1n) is 8.48. The summed E-state index contributed by atoms with van der Waals surface area (Å²) in [5.41, 5.74) is 7.18. The molecule has 2 rings (SSSR count). The number of hydrogen-bond donors (Lipinski definition) is 3. The highest BCUT2D eigenvalue weighted by atomic mass is 35.5. The Morgan fingerprint density at radius 3 is 2.33 bits per heavy atom. The fourth-order valence-corrected chi connectivity index (χ4v) is 2.78. The van der Waals surface area contributed by atoms with Gasteiger partial charge in [0.05, 0.1) is 6.04 Å². The van der Waals surface area contributed by atoms with Crippen molar-refractivity contribution in [1.29, 1.82) is 0 Å². The van der Waals surface area contributed by atoms with Crippen LogP contribution in [0.4, 0.5) is 5.69 Å². The third kappa shape index (κ3) is 5.49. The topological polar surface area (TPSA) is 84.2 Å². The summed E-state index contributed by atoms with van der Waals surface area (Å²) in [6, 6.07) is 6.72. The summed E-state index contributed by atoms with van der Waals surface area (Å²) < 4.78 is 0. The fourth-order valence-electron chi connectivity index (χ4n) is 2.78. The molecule has 1 aromatic rings. The minimum Gasteiger partial charge on any atom is -0.349 e. The van der Waals surface area contributed by atoms with E-state index in [9.17, 15) is 9.59 Å². The van der Waals surface area contributed by atoms with Gasteiger partial charge in [0.15, 0.2) is 0 Å². The molecule has 1 aromatic carbocycles. The quantitative estimate of drug-likeness (QED) is 0.734. The minimum absolute atomic E-state index is 0. The van der Waals surface area contributed by atoms with Gasteiger partial charge in [0, 0.05) is 17.3 Å². The molecule has 2 unspecified atom stereocenters. The third-order valence-electron chi connectivity index (χ3n) is 4.66. The smallest absolute Gasteiger partial charge is 0.251 e. The summed E-state index contributed by atoms with van der Waals surface area (Å²) in [4.78, 5) is 24.2. The van der Waals surface area contributed by atoms with Gasteiger partial charge < -0.3 is 16.4 Å². The van der Waals surface area contributed by atoms with Crippen LogP contribution in [0.1, 0.15) is 56.3 Å². The predicted octanol–water partition coefficient (Wildman–Crippen LogP) is 3.09. The van der Waals surface area contributed by atoms with E-state index in [0.717, 1.165) is 19.3 Å². The number of carbonyl (C=O) groups is 2. The highest BCUT2D eigenvalue weighted by Gasteiger charge is 2.20. The molecule has 2 amide bonds. The first-order valence-corrected chi connectivity index (χ1v) is 8.48. The molecule has 5 nitrogen and oxygen atoms in total. The number of benzene rings is 1. The van der Waals surface area contributed by atoms with Gasteiger partial charge in [0.2, 0.25) is 5.91 Å². The number of halogens is 1. The van der Waals surface area contributed by atoms with Crippen molar-refractivity contribution in [3.05, 3.63) is 29.8 Å². The number of nitrogens with one attached hydrogen (secondary N) is 2. The molecule has 1 saturated carbocycles. The molecule has 0 aromatic heterocycles. The van der Waals surface area contributed by atoms with Gasteiger partial charge in [0.25, 0.3) is 5.91 Å². The molecule has 1 fully saturated rings. The average Bonchev–Trinajstić information content (AvgIpc) is 3.06. The Labute approximate surface area is 150 Å². The molecular weight excluding hydrogens is 326 g/mol. The molecule has 1 aliphatic rings. The van der Waals surface area contributed by atoms with E-state index >= 15 is 0 Å². The number of amides is 2. The molecule has 0 aliphatic heterocycles. The minimum atomic E-state index is -0.523. The Hall–Kier alpha value is -1.59. The summed E-state index contributed by atoms with van der Waals surface area (Å²) >= 11 is 0. The van der Waals surface area contributed by atoms with Gasteiger partial charge in [-0.1, -0.05) is 33.1 Å². The molecule has 0 bridgehead atoms. The first kappa shape index (κ1) is 20.5. The van der Waals surface area contributed by atoms with Gasteiger partial charge in [-0.2, -0.15) is 0 Å². The lowest BCUT2D eigenvalue weighted by Gasteiger charge is -2.18. The monoisotopic (exact) mass is 353 g/mol. The zero-order chi connectivity index (χ0) is 16.8. The zero-order valence-electron chi connectivity index (χ0n) is 14.4. The van der Waals surface area contributed by atoms with Crippen LogP contribution in [0.25, 0.3) is 0 Å². The Bertz CT molecular complexity index is 542. The van der Waals surface area contributed by atoms with E-state index in [-0.39, 0.29) is 30.1 Å². The normalized spacial score (nSPS) is 16.8. The molecule has 1 aliphatic carbocycles. The second kappa shape index (κ2) is 9.64. The average molecular weight is 354 g/mol. The van der Waals surface area contributed by atoms with Gasteiger partial charge in [-0.25, -0.2) is 0 Å². The van der Waals surface area contributed by atoms with Crippen molar-refractivity contribution in [2.75, 3.05) is 5.32 Å². The van der Waals surface area contributed by atoms with Crippen molar-refractivity contribution in [2.45, 2.75) is 58.0 Å². The highest BCUT2D eigenvalue weighted by molar-refractivity contribution is 5.97. The van der Waals surface area contributed by atoms with Crippen molar-refractivity contribution in [3.63, 3.8) is 0 Å². The summed E-state index contributed by atoms with van der Waals surface area (Å²) in [5, 5.41) is 5.85. The third-order valence-corrected chi connectivity index (χ3v) is 4.66. The highest BCUT2D eigenvalue weighted by Crippen LogP contribution is 2.18. The van der Waals surface area contributed by atoms with Crippen molar-refractivity contribution in [3.8, 4) is 0 Å². The maximum absolute atomic E-state index is 12.2. The van der Waals surface area contributed by atoms with Gasteiger partial charge in [-0.3, -0.25) is 9.59 Å². The number of hydrogen-bond acceptors (Lipinski definition) is 3. The van der Waals surface area contributed by atoms with Gasteiger partial charge in [-0.05, 0) is 43.0 Å². The van der Waals surface area contributed by atoms with Crippen LogP contribution in [-0.2, 0) is 4.79 Å². The summed E-state index contributed by atoms with van der Waals surface area (Å²) in [7, 11) is 0.